The fourth-order valence-corrected chi connectivity index (χ4v) is 2.06. The number of hydrogen-bond donors (Lipinski definition) is 1. The Kier molecular flexibility index (Phi) is 8.54. The lowest BCUT2D eigenvalue weighted by Crippen LogP contribution is -2.30. The number of carbonyl (C=O) groups excluding carboxylic acids is 2. The third-order valence-electron chi connectivity index (χ3n) is 3.45. The molecule has 1 unspecified atom stereocenters. The molecule has 1 aromatic rings. The predicted octanol–water partition coefficient (Wildman–Crippen LogP) is 3.44. The topological polar surface area (TPSA) is 89.9 Å². The van der Waals surface area contributed by atoms with Crippen LogP contribution in [0.25, 0.3) is 0 Å². The first kappa shape index (κ1) is 19.7. The maximum absolute atomic E-state index is 12.3. The lowest BCUT2D eigenvalue weighted by molar-refractivity contribution is -0.154. The summed E-state index contributed by atoms with van der Waals surface area (Å²) in [5, 5.41) is 9.14. The van der Waals surface area contributed by atoms with E-state index in [0.29, 0.717) is 12.8 Å². The van der Waals surface area contributed by atoms with Gasteiger partial charge < -0.3 is 14.6 Å². The Labute approximate surface area is 141 Å². The average Bonchev–Trinajstić information content (AvgIpc) is 2.58. The second kappa shape index (κ2) is 10.4. The van der Waals surface area contributed by atoms with Crippen molar-refractivity contribution in [2.24, 2.45) is 0 Å². The van der Waals surface area contributed by atoms with Gasteiger partial charge in [-0.25, -0.2) is 14.4 Å². The molecule has 0 bridgehead atoms. The minimum absolute atomic E-state index is 0.0761. The molecule has 6 heteroatoms. The van der Waals surface area contributed by atoms with Crippen LogP contribution in [-0.4, -0.2) is 35.7 Å². The van der Waals surface area contributed by atoms with Gasteiger partial charge in [-0.15, -0.1) is 0 Å². The van der Waals surface area contributed by atoms with Crippen molar-refractivity contribution in [3.8, 4) is 0 Å². The molecule has 1 rings (SSSR count). The number of benzene rings is 1. The molecule has 132 valence electrons. The van der Waals surface area contributed by atoms with Crippen LogP contribution in [0.2, 0.25) is 0 Å². The van der Waals surface area contributed by atoms with Crippen molar-refractivity contribution < 1.29 is 29.0 Å². The van der Waals surface area contributed by atoms with Crippen LogP contribution in [0.3, 0.4) is 0 Å². The van der Waals surface area contributed by atoms with E-state index in [2.05, 4.69) is 0 Å². The number of ether oxygens (including phenoxy) is 2. The third-order valence-corrected chi connectivity index (χ3v) is 3.45. The number of rotatable bonds is 10. The summed E-state index contributed by atoms with van der Waals surface area (Å²) in [5.41, 5.74) is -0.232. The van der Waals surface area contributed by atoms with Crippen molar-refractivity contribution >= 4 is 17.9 Å². The second-order valence-electron chi connectivity index (χ2n) is 5.41. The molecular weight excluding hydrogens is 312 g/mol. The van der Waals surface area contributed by atoms with Crippen LogP contribution in [-0.2, 0) is 14.3 Å². The Morgan fingerprint density at radius 1 is 1.04 bits per heavy atom. The Balaban J connectivity index is 2.83. The zero-order chi connectivity index (χ0) is 17.9. The molecule has 0 spiro atoms. The van der Waals surface area contributed by atoms with E-state index in [1.165, 1.54) is 18.2 Å². The van der Waals surface area contributed by atoms with Crippen molar-refractivity contribution in [1.29, 1.82) is 0 Å². The monoisotopic (exact) mass is 336 g/mol. The molecule has 1 aromatic carbocycles. The van der Waals surface area contributed by atoms with Crippen LogP contribution in [0.1, 0.15) is 66.7 Å². The summed E-state index contributed by atoms with van der Waals surface area (Å²) in [5.74, 6) is -2.64. The molecule has 0 aromatic heterocycles. The number of hydrogen-bond acceptors (Lipinski definition) is 5. The van der Waals surface area contributed by atoms with E-state index >= 15 is 0 Å². The number of esters is 2. The summed E-state index contributed by atoms with van der Waals surface area (Å²) in [6, 6.07) is 5.75. The van der Waals surface area contributed by atoms with Gasteiger partial charge in [0.2, 0.25) is 0 Å². The third kappa shape index (κ3) is 6.02. The normalized spacial score (nSPS) is 11.6. The standard InChI is InChI=1S/C18H24O6/c1-3-5-11-15(18(22)23-12-6-4-2)24-17(21)14-10-8-7-9-13(14)16(19)20/h7-10,15H,3-6,11-12H2,1-2H3,(H,19,20). The van der Waals surface area contributed by atoms with E-state index in [0.717, 1.165) is 19.3 Å². The van der Waals surface area contributed by atoms with Gasteiger partial charge in [0, 0.05) is 0 Å². The molecule has 0 fully saturated rings. The second-order valence-corrected chi connectivity index (χ2v) is 5.41. The van der Waals surface area contributed by atoms with E-state index in [4.69, 9.17) is 14.6 Å². The summed E-state index contributed by atoms with van der Waals surface area (Å²) in [6.07, 6.45) is 2.49. The van der Waals surface area contributed by atoms with Gasteiger partial charge in [0.05, 0.1) is 17.7 Å². The first-order valence-corrected chi connectivity index (χ1v) is 8.21. The SMILES string of the molecule is CCCCOC(=O)C(CCCC)OC(=O)c1ccccc1C(=O)O. The lowest BCUT2D eigenvalue weighted by atomic mass is 10.1. The molecule has 6 nitrogen and oxygen atoms in total. The summed E-state index contributed by atoms with van der Waals surface area (Å²) in [7, 11) is 0. The van der Waals surface area contributed by atoms with Crippen molar-refractivity contribution in [2.75, 3.05) is 6.61 Å². The van der Waals surface area contributed by atoms with Gasteiger partial charge in [-0.1, -0.05) is 38.8 Å². The molecule has 0 saturated heterocycles. The molecule has 1 atom stereocenters. The van der Waals surface area contributed by atoms with Crippen LogP contribution >= 0.6 is 0 Å². The molecule has 0 heterocycles. The summed E-state index contributed by atoms with van der Waals surface area (Å²) in [4.78, 5) is 35.6. The average molecular weight is 336 g/mol. The van der Waals surface area contributed by atoms with Crippen molar-refractivity contribution in [2.45, 2.75) is 52.1 Å². The highest BCUT2D eigenvalue weighted by molar-refractivity contribution is 6.02. The van der Waals surface area contributed by atoms with Crippen LogP contribution < -0.4 is 0 Å². The first-order valence-electron chi connectivity index (χ1n) is 8.21. The van der Waals surface area contributed by atoms with Crippen LogP contribution in [0, 0.1) is 0 Å². The van der Waals surface area contributed by atoms with Crippen LogP contribution in [0.5, 0.6) is 0 Å². The summed E-state index contributed by atoms with van der Waals surface area (Å²) >= 11 is 0. The van der Waals surface area contributed by atoms with E-state index in [1.807, 2.05) is 13.8 Å². The molecule has 0 amide bonds. The smallest absolute Gasteiger partial charge is 0.347 e. The molecule has 0 radical (unpaired) electrons. The zero-order valence-electron chi connectivity index (χ0n) is 14.1. The summed E-state index contributed by atoms with van der Waals surface area (Å²) < 4.78 is 10.4. The number of carboxylic acid groups (broad SMARTS) is 1. The van der Waals surface area contributed by atoms with Gasteiger partial charge in [-0.2, -0.15) is 0 Å². The van der Waals surface area contributed by atoms with E-state index in [-0.39, 0.29) is 17.7 Å². The lowest BCUT2D eigenvalue weighted by Gasteiger charge is -2.17. The molecule has 0 aliphatic rings. The number of unbranched alkanes of at least 4 members (excludes halogenated alkanes) is 2. The van der Waals surface area contributed by atoms with Crippen molar-refractivity contribution in [3.63, 3.8) is 0 Å². The first-order chi connectivity index (χ1) is 11.5. The largest absolute Gasteiger partial charge is 0.478 e. The van der Waals surface area contributed by atoms with E-state index in [1.54, 1.807) is 6.07 Å². The van der Waals surface area contributed by atoms with Gasteiger partial charge >= 0.3 is 17.9 Å². The van der Waals surface area contributed by atoms with Crippen LogP contribution in [0.4, 0.5) is 0 Å². The highest BCUT2D eigenvalue weighted by Crippen LogP contribution is 2.15. The maximum atomic E-state index is 12.3. The number of carbonyl (C=O) groups is 3. The Hall–Kier alpha value is -2.37. The Bertz CT molecular complexity index is 566. The van der Waals surface area contributed by atoms with Gasteiger partial charge in [-0.05, 0) is 31.4 Å². The van der Waals surface area contributed by atoms with E-state index < -0.39 is 24.0 Å². The maximum Gasteiger partial charge on any atom is 0.347 e. The fraction of sp³-hybridized carbons (Fsp3) is 0.500. The quantitative estimate of drug-likeness (QED) is 0.520. The number of aromatic carboxylic acids is 1. The van der Waals surface area contributed by atoms with Gasteiger partial charge in [0.1, 0.15) is 0 Å². The molecule has 24 heavy (non-hydrogen) atoms. The minimum Gasteiger partial charge on any atom is -0.478 e. The molecular formula is C18H24O6. The molecule has 0 aliphatic heterocycles. The predicted molar refractivity (Wildman–Crippen MR) is 88.0 cm³/mol. The number of carboxylic acids is 1. The minimum atomic E-state index is -1.22. The zero-order valence-corrected chi connectivity index (χ0v) is 14.1. The highest BCUT2D eigenvalue weighted by Gasteiger charge is 2.26. The van der Waals surface area contributed by atoms with Crippen LogP contribution in [0.15, 0.2) is 24.3 Å². The molecule has 0 aliphatic carbocycles. The fourth-order valence-electron chi connectivity index (χ4n) is 2.06. The molecule has 1 N–H and O–H groups in total. The van der Waals surface area contributed by atoms with Gasteiger partial charge in [-0.3, -0.25) is 0 Å². The highest BCUT2D eigenvalue weighted by atomic mass is 16.6. The van der Waals surface area contributed by atoms with Crippen molar-refractivity contribution in [3.05, 3.63) is 35.4 Å². The Morgan fingerprint density at radius 2 is 1.67 bits per heavy atom. The van der Waals surface area contributed by atoms with Gasteiger partial charge in [0.15, 0.2) is 6.10 Å². The van der Waals surface area contributed by atoms with Crippen molar-refractivity contribution in [1.82, 2.24) is 0 Å². The molecule has 0 saturated carbocycles. The van der Waals surface area contributed by atoms with E-state index in [9.17, 15) is 14.4 Å². The van der Waals surface area contributed by atoms with Gasteiger partial charge in [0.25, 0.3) is 0 Å². The Morgan fingerprint density at radius 3 is 2.25 bits per heavy atom. The summed E-state index contributed by atoms with van der Waals surface area (Å²) in [6.45, 7) is 4.22.